The number of urea groups is 1. The number of barbiturate groups is 1. The Kier molecular flexibility index (Phi) is 8.15. The predicted octanol–water partition coefficient (Wildman–Crippen LogP) is 3.72. The van der Waals surface area contributed by atoms with Crippen molar-refractivity contribution in [1.82, 2.24) is 25.6 Å². The summed E-state index contributed by atoms with van der Waals surface area (Å²) in [5.41, 5.74) is 8.82. The van der Waals surface area contributed by atoms with Gasteiger partial charge in [0, 0.05) is 11.4 Å². The van der Waals surface area contributed by atoms with Crippen molar-refractivity contribution in [2.24, 2.45) is 5.41 Å². The molecule has 188 valence electrons. The molecule has 1 saturated heterocycles. The summed E-state index contributed by atoms with van der Waals surface area (Å²) in [6.45, 7) is 7.55. The molecule has 11 heteroatoms. The average Bonchev–Trinajstić information content (AvgIpc) is 2.79. The molecule has 36 heavy (non-hydrogen) atoms. The molecule has 1 aliphatic rings. The number of nitrogens with two attached hydrogens (primary N) is 1. The van der Waals surface area contributed by atoms with E-state index in [0.717, 1.165) is 22.5 Å². The lowest BCUT2D eigenvalue weighted by molar-refractivity contribution is -0.144. The molecule has 4 rings (SSSR count). The first-order valence-corrected chi connectivity index (χ1v) is 11.5. The maximum atomic E-state index is 11.4. The van der Waals surface area contributed by atoms with Crippen LogP contribution in [0.1, 0.15) is 37.8 Å². The topological polar surface area (TPSA) is 164 Å². The second kappa shape index (κ2) is 11.3. The Morgan fingerprint density at radius 1 is 0.778 bits per heavy atom. The first-order chi connectivity index (χ1) is 17.1. The van der Waals surface area contributed by atoms with Crippen molar-refractivity contribution in [2.45, 2.75) is 40.5 Å². The van der Waals surface area contributed by atoms with Gasteiger partial charge in [0.25, 0.3) is 0 Å². The van der Waals surface area contributed by atoms with Crippen molar-refractivity contribution >= 4 is 47.1 Å². The summed E-state index contributed by atoms with van der Waals surface area (Å²) in [5.74, 6) is -0.0284. The van der Waals surface area contributed by atoms with Crippen LogP contribution in [-0.2, 0) is 9.59 Å². The molecule has 0 saturated carbocycles. The standard InChI is InChI=1S/C17H18N6.C8H12N2O3/c1-11-5-3-7-13(9-11)19-16-21-15(18)22-17(23-16)20-14-8-4-6-12(2)10-14;1-3-8(4-2)5(11)9-7(13)10-6(8)12/h3-10H,1-2H3,(H4,18,19,20,21,22,23);3-4H2,1-2H3,(H2,9,10,11,12,13). The van der Waals surface area contributed by atoms with Crippen LogP contribution in [0, 0.1) is 19.3 Å². The molecule has 2 aromatic carbocycles. The molecule has 6 N–H and O–H groups in total. The Balaban J connectivity index is 0.000000236. The van der Waals surface area contributed by atoms with Gasteiger partial charge in [0.2, 0.25) is 29.7 Å². The zero-order valence-electron chi connectivity index (χ0n) is 20.7. The molecule has 0 bridgehead atoms. The minimum absolute atomic E-state index is 0.158. The van der Waals surface area contributed by atoms with Gasteiger partial charge < -0.3 is 16.4 Å². The number of rotatable bonds is 6. The van der Waals surface area contributed by atoms with Crippen LogP contribution in [0.4, 0.5) is 34.0 Å². The molecular weight excluding hydrogens is 460 g/mol. The number of nitrogens with zero attached hydrogens (tertiary/aromatic N) is 3. The summed E-state index contributed by atoms with van der Waals surface area (Å²) in [7, 11) is 0. The van der Waals surface area contributed by atoms with Gasteiger partial charge in [-0.05, 0) is 62.1 Å². The molecular formula is C25H30N8O3. The first-order valence-electron chi connectivity index (χ1n) is 11.5. The fourth-order valence-corrected chi connectivity index (χ4v) is 3.68. The van der Waals surface area contributed by atoms with Crippen molar-refractivity contribution in [3.8, 4) is 0 Å². The Labute approximate surface area is 209 Å². The van der Waals surface area contributed by atoms with Gasteiger partial charge >= 0.3 is 6.03 Å². The number of nitrogens with one attached hydrogen (secondary N) is 4. The smallest absolute Gasteiger partial charge is 0.328 e. The highest BCUT2D eigenvalue weighted by Gasteiger charge is 2.47. The third-order valence-electron chi connectivity index (χ3n) is 5.73. The Bertz CT molecular complexity index is 1190. The maximum Gasteiger partial charge on any atom is 0.328 e. The third-order valence-corrected chi connectivity index (χ3v) is 5.73. The SMILES string of the molecule is CCC1(CC)C(=O)NC(=O)NC1=O.Cc1cccc(Nc2nc(N)nc(Nc3cccc(C)c3)n2)c1. The number of imide groups is 2. The molecule has 2 heterocycles. The van der Waals surface area contributed by atoms with Crippen LogP contribution < -0.4 is 27.0 Å². The lowest BCUT2D eigenvalue weighted by Crippen LogP contribution is -2.61. The minimum Gasteiger partial charge on any atom is -0.368 e. The summed E-state index contributed by atoms with van der Waals surface area (Å²) in [6.07, 6.45) is 0.795. The van der Waals surface area contributed by atoms with Crippen LogP contribution in [0.5, 0.6) is 0 Å². The number of aromatic nitrogens is 3. The normalized spacial score (nSPS) is 14.2. The van der Waals surface area contributed by atoms with E-state index in [0.29, 0.717) is 24.7 Å². The monoisotopic (exact) mass is 490 g/mol. The lowest BCUT2D eigenvalue weighted by atomic mass is 9.79. The van der Waals surface area contributed by atoms with Crippen LogP contribution in [0.3, 0.4) is 0 Å². The Morgan fingerprint density at radius 3 is 1.61 bits per heavy atom. The van der Waals surface area contributed by atoms with Crippen molar-refractivity contribution in [3.05, 3.63) is 59.7 Å². The Hall–Kier alpha value is -4.54. The van der Waals surface area contributed by atoms with Gasteiger partial charge in [0.15, 0.2) is 0 Å². The van der Waals surface area contributed by atoms with E-state index < -0.39 is 23.3 Å². The highest BCUT2D eigenvalue weighted by Crippen LogP contribution is 2.28. The van der Waals surface area contributed by atoms with Crippen LogP contribution in [-0.4, -0.2) is 32.8 Å². The van der Waals surface area contributed by atoms with E-state index in [2.05, 4.69) is 36.2 Å². The van der Waals surface area contributed by atoms with E-state index in [1.165, 1.54) is 0 Å². The number of anilines is 5. The number of carbonyl (C=O) groups is 3. The van der Waals surface area contributed by atoms with Gasteiger partial charge in [-0.2, -0.15) is 15.0 Å². The quantitative estimate of drug-likeness (QED) is 0.324. The molecule has 0 radical (unpaired) electrons. The zero-order chi connectivity index (χ0) is 26.3. The molecule has 4 amide bonds. The molecule has 0 unspecified atom stereocenters. The highest BCUT2D eigenvalue weighted by atomic mass is 16.2. The molecule has 11 nitrogen and oxygen atoms in total. The summed E-state index contributed by atoms with van der Waals surface area (Å²) < 4.78 is 0. The molecule has 1 aliphatic heterocycles. The van der Waals surface area contributed by atoms with Gasteiger partial charge in [-0.1, -0.05) is 38.1 Å². The fraction of sp³-hybridized carbons (Fsp3) is 0.280. The van der Waals surface area contributed by atoms with E-state index in [1.807, 2.05) is 62.4 Å². The van der Waals surface area contributed by atoms with Crippen molar-refractivity contribution < 1.29 is 14.4 Å². The number of hydrogen-bond donors (Lipinski definition) is 5. The number of nitrogen functional groups attached to an aromatic ring is 1. The molecule has 1 aromatic heterocycles. The van der Waals surface area contributed by atoms with Gasteiger partial charge in [-0.15, -0.1) is 0 Å². The van der Waals surface area contributed by atoms with Crippen LogP contribution >= 0.6 is 0 Å². The van der Waals surface area contributed by atoms with Crippen LogP contribution in [0.25, 0.3) is 0 Å². The summed E-state index contributed by atoms with van der Waals surface area (Å²) >= 11 is 0. The molecule has 0 aliphatic carbocycles. The lowest BCUT2D eigenvalue weighted by Gasteiger charge is -2.31. The minimum atomic E-state index is -1.06. The van der Waals surface area contributed by atoms with Gasteiger partial charge in [0.1, 0.15) is 5.41 Å². The maximum absolute atomic E-state index is 11.4. The first kappa shape index (κ1) is 26.1. The molecule has 0 atom stereocenters. The third kappa shape index (κ3) is 6.32. The summed E-state index contributed by atoms with van der Waals surface area (Å²) in [4.78, 5) is 46.2. The fourth-order valence-electron chi connectivity index (χ4n) is 3.68. The highest BCUT2D eigenvalue weighted by molar-refractivity contribution is 6.19. The molecule has 0 spiro atoms. The number of benzene rings is 2. The van der Waals surface area contributed by atoms with Crippen molar-refractivity contribution in [1.29, 1.82) is 0 Å². The molecule has 1 fully saturated rings. The van der Waals surface area contributed by atoms with Gasteiger partial charge in [-0.3, -0.25) is 20.2 Å². The van der Waals surface area contributed by atoms with E-state index in [4.69, 9.17) is 5.73 Å². The second-order valence-corrected chi connectivity index (χ2v) is 8.36. The van der Waals surface area contributed by atoms with Gasteiger partial charge in [0.05, 0.1) is 0 Å². The van der Waals surface area contributed by atoms with E-state index >= 15 is 0 Å². The number of amides is 4. The summed E-state index contributed by atoms with van der Waals surface area (Å²) in [6, 6.07) is 15.2. The second-order valence-electron chi connectivity index (χ2n) is 8.36. The molecule has 3 aromatic rings. The largest absolute Gasteiger partial charge is 0.368 e. The Morgan fingerprint density at radius 2 is 1.22 bits per heavy atom. The van der Waals surface area contributed by atoms with Gasteiger partial charge in [-0.25, -0.2) is 4.79 Å². The van der Waals surface area contributed by atoms with Crippen LogP contribution in [0.15, 0.2) is 48.5 Å². The number of hydrogen-bond acceptors (Lipinski definition) is 9. The number of aryl methyl sites for hydroxylation is 2. The summed E-state index contributed by atoms with van der Waals surface area (Å²) in [5, 5.41) is 10.5. The van der Waals surface area contributed by atoms with E-state index in [1.54, 1.807) is 13.8 Å². The predicted molar refractivity (Wildman–Crippen MR) is 138 cm³/mol. The zero-order valence-corrected chi connectivity index (χ0v) is 20.7. The van der Waals surface area contributed by atoms with Crippen molar-refractivity contribution in [3.63, 3.8) is 0 Å². The van der Waals surface area contributed by atoms with E-state index in [9.17, 15) is 14.4 Å². The van der Waals surface area contributed by atoms with Crippen LogP contribution in [0.2, 0.25) is 0 Å². The number of carbonyl (C=O) groups excluding carboxylic acids is 3. The van der Waals surface area contributed by atoms with Crippen molar-refractivity contribution in [2.75, 3.05) is 16.4 Å². The average molecular weight is 491 g/mol. The van der Waals surface area contributed by atoms with E-state index in [-0.39, 0.29) is 5.95 Å².